The van der Waals surface area contributed by atoms with Gasteiger partial charge in [0.05, 0.1) is 11.4 Å². The van der Waals surface area contributed by atoms with E-state index in [1.807, 2.05) is 32.9 Å². The lowest BCUT2D eigenvalue weighted by molar-refractivity contribution is 0.0956. The molecule has 3 N–H and O–H groups in total. The Morgan fingerprint density at radius 1 is 1.26 bits per heavy atom. The molecule has 3 rings (SSSR count). The van der Waals surface area contributed by atoms with E-state index in [1.54, 1.807) is 6.20 Å². The van der Waals surface area contributed by atoms with Gasteiger partial charge in [0.25, 0.3) is 5.91 Å². The highest BCUT2D eigenvalue weighted by Crippen LogP contribution is 2.34. The maximum Gasteiger partial charge on any atom is 0.263 e. The fourth-order valence-electron chi connectivity index (χ4n) is 2.27. The molecule has 7 heteroatoms. The van der Waals surface area contributed by atoms with Crippen LogP contribution in [0.1, 0.15) is 32.2 Å². The maximum atomic E-state index is 12.4. The molecule has 3 aromatic rings. The Balaban J connectivity index is 1.85. The van der Waals surface area contributed by atoms with E-state index in [1.165, 1.54) is 11.3 Å². The largest absolute Gasteiger partial charge is 0.397 e. The molecule has 0 unspecified atom stereocenters. The molecule has 0 radical (unpaired) electrons. The van der Waals surface area contributed by atoms with Gasteiger partial charge in [-0.05, 0) is 38.0 Å². The molecule has 0 bridgehead atoms. The highest BCUT2D eigenvalue weighted by atomic mass is 32.1. The van der Waals surface area contributed by atoms with Crippen molar-refractivity contribution in [2.45, 2.75) is 27.3 Å². The Hall–Kier alpha value is -2.54. The molecule has 1 amide bonds. The van der Waals surface area contributed by atoms with E-state index in [0.29, 0.717) is 21.9 Å². The molecule has 0 fully saturated rings. The van der Waals surface area contributed by atoms with Crippen LogP contribution in [0.15, 0.2) is 18.3 Å². The summed E-state index contributed by atoms with van der Waals surface area (Å²) in [6.07, 6.45) is 1.75. The molecule has 6 nitrogen and oxygen atoms in total. The van der Waals surface area contributed by atoms with Crippen LogP contribution in [0.2, 0.25) is 0 Å². The zero-order chi connectivity index (χ0) is 16.6. The minimum atomic E-state index is -0.205. The number of anilines is 1. The van der Waals surface area contributed by atoms with Crippen LogP contribution in [0.4, 0.5) is 5.69 Å². The fourth-order valence-corrected chi connectivity index (χ4v) is 3.29. The Labute approximate surface area is 137 Å². The first-order valence-electron chi connectivity index (χ1n) is 7.19. The van der Waals surface area contributed by atoms with Crippen LogP contribution in [-0.2, 0) is 6.54 Å². The second-order valence-corrected chi connectivity index (χ2v) is 6.43. The first kappa shape index (κ1) is 15.4. The lowest BCUT2D eigenvalue weighted by atomic mass is 10.1. The number of carbonyl (C=O) groups excluding carboxylic acids is 1. The number of aryl methyl sites for hydroxylation is 3. The third kappa shape index (κ3) is 2.87. The predicted molar refractivity (Wildman–Crippen MR) is 91.4 cm³/mol. The van der Waals surface area contributed by atoms with E-state index in [2.05, 4.69) is 20.5 Å². The number of nitrogens with zero attached hydrogens (tertiary/aromatic N) is 3. The third-order valence-corrected chi connectivity index (χ3v) is 4.86. The lowest BCUT2D eigenvalue weighted by Gasteiger charge is -2.05. The van der Waals surface area contributed by atoms with Gasteiger partial charge in [0.2, 0.25) is 0 Å². The van der Waals surface area contributed by atoms with Crippen molar-refractivity contribution in [3.8, 4) is 0 Å². The minimum absolute atomic E-state index is 0.205. The van der Waals surface area contributed by atoms with Crippen LogP contribution in [0, 0.1) is 20.8 Å². The smallest absolute Gasteiger partial charge is 0.263 e. The molecule has 0 aliphatic rings. The highest BCUT2D eigenvalue weighted by molar-refractivity contribution is 7.21. The van der Waals surface area contributed by atoms with Gasteiger partial charge in [-0.25, -0.2) is 0 Å². The summed E-state index contributed by atoms with van der Waals surface area (Å²) in [6, 6.07) is 3.85. The number of nitrogen functional groups attached to an aromatic ring is 1. The number of nitrogens with one attached hydrogen (secondary N) is 1. The van der Waals surface area contributed by atoms with E-state index >= 15 is 0 Å². The van der Waals surface area contributed by atoms with Crippen LogP contribution in [0.3, 0.4) is 0 Å². The van der Waals surface area contributed by atoms with E-state index in [9.17, 15) is 4.79 Å². The molecule has 0 aliphatic heterocycles. The second-order valence-electron chi connectivity index (χ2n) is 5.43. The van der Waals surface area contributed by atoms with Crippen molar-refractivity contribution < 1.29 is 4.79 Å². The average Bonchev–Trinajstić information content (AvgIpc) is 2.88. The highest BCUT2D eigenvalue weighted by Gasteiger charge is 2.19. The summed E-state index contributed by atoms with van der Waals surface area (Å²) in [6.45, 7) is 6.15. The molecule has 3 heterocycles. The Morgan fingerprint density at radius 2 is 2.04 bits per heavy atom. The summed E-state index contributed by atoms with van der Waals surface area (Å²) in [4.78, 5) is 17.8. The van der Waals surface area contributed by atoms with Crippen molar-refractivity contribution in [3.63, 3.8) is 0 Å². The number of pyridine rings is 1. The topological polar surface area (TPSA) is 93.8 Å². The second kappa shape index (κ2) is 5.92. The summed E-state index contributed by atoms with van der Waals surface area (Å²) < 4.78 is 0. The van der Waals surface area contributed by atoms with Crippen molar-refractivity contribution in [1.29, 1.82) is 0 Å². The van der Waals surface area contributed by atoms with E-state index < -0.39 is 0 Å². The molecular formula is C16H17N5OS. The lowest BCUT2D eigenvalue weighted by Crippen LogP contribution is -2.22. The van der Waals surface area contributed by atoms with Crippen molar-refractivity contribution in [2.24, 2.45) is 0 Å². The molecule has 0 aliphatic carbocycles. The molecule has 0 atom stereocenters. The zero-order valence-electron chi connectivity index (χ0n) is 13.2. The van der Waals surface area contributed by atoms with E-state index in [0.717, 1.165) is 27.9 Å². The first-order chi connectivity index (χ1) is 11.0. The van der Waals surface area contributed by atoms with Crippen molar-refractivity contribution in [1.82, 2.24) is 20.5 Å². The van der Waals surface area contributed by atoms with Gasteiger partial charge in [0.15, 0.2) is 0 Å². The number of carbonyl (C=O) groups is 1. The Morgan fingerprint density at radius 3 is 2.74 bits per heavy atom. The van der Waals surface area contributed by atoms with Gasteiger partial charge < -0.3 is 11.1 Å². The van der Waals surface area contributed by atoms with Gasteiger partial charge in [-0.15, -0.1) is 16.4 Å². The zero-order valence-corrected chi connectivity index (χ0v) is 14.0. The Kier molecular flexibility index (Phi) is 3.96. The minimum Gasteiger partial charge on any atom is -0.397 e. The molecule has 23 heavy (non-hydrogen) atoms. The van der Waals surface area contributed by atoms with E-state index in [-0.39, 0.29) is 5.91 Å². The summed E-state index contributed by atoms with van der Waals surface area (Å²) in [5, 5.41) is 11.9. The molecule has 0 aromatic carbocycles. The molecule has 0 saturated carbocycles. The number of fused-ring (bicyclic) bond motifs is 1. The fraction of sp³-hybridized carbons (Fsp3) is 0.250. The molecular weight excluding hydrogens is 310 g/mol. The van der Waals surface area contributed by atoms with E-state index in [4.69, 9.17) is 5.73 Å². The number of nitrogens with two attached hydrogens (primary N) is 1. The van der Waals surface area contributed by atoms with Crippen molar-refractivity contribution in [2.75, 3.05) is 5.73 Å². The summed E-state index contributed by atoms with van der Waals surface area (Å²) in [5.41, 5.74) is 10.3. The van der Waals surface area contributed by atoms with Gasteiger partial charge in [0.1, 0.15) is 9.71 Å². The number of hydrogen-bond donors (Lipinski definition) is 2. The van der Waals surface area contributed by atoms with Crippen molar-refractivity contribution in [3.05, 3.63) is 45.7 Å². The van der Waals surface area contributed by atoms with Crippen LogP contribution >= 0.6 is 11.3 Å². The molecule has 0 saturated heterocycles. The number of aromatic nitrogens is 3. The Bertz CT molecular complexity index is 886. The quantitative estimate of drug-likeness (QED) is 0.771. The molecule has 0 spiro atoms. The van der Waals surface area contributed by atoms with Gasteiger partial charge >= 0.3 is 0 Å². The van der Waals surface area contributed by atoms with Gasteiger partial charge in [0, 0.05) is 23.8 Å². The molecule has 3 aromatic heterocycles. The molecule has 118 valence electrons. The van der Waals surface area contributed by atoms with Gasteiger partial charge in [-0.1, -0.05) is 6.07 Å². The maximum absolute atomic E-state index is 12.4. The van der Waals surface area contributed by atoms with Crippen LogP contribution in [0.25, 0.3) is 10.2 Å². The predicted octanol–water partition coefficient (Wildman–Crippen LogP) is 2.52. The first-order valence-corrected chi connectivity index (χ1v) is 8.00. The van der Waals surface area contributed by atoms with Gasteiger partial charge in [-0.3, -0.25) is 9.78 Å². The third-order valence-electron chi connectivity index (χ3n) is 3.77. The number of rotatable bonds is 3. The van der Waals surface area contributed by atoms with Crippen LogP contribution in [0.5, 0.6) is 0 Å². The number of thiophene rings is 1. The standard InChI is InChI=1S/C16H17N5OS/c1-8-4-5-11(6-18-8)7-19-15(22)14-13(17)12-9(2)10(3)20-21-16(12)23-14/h4-6H,7,17H2,1-3H3,(H,19,22). The monoisotopic (exact) mass is 327 g/mol. The summed E-state index contributed by atoms with van der Waals surface area (Å²) >= 11 is 1.27. The average molecular weight is 327 g/mol. The normalized spacial score (nSPS) is 10.9. The SMILES string of the molecule is Cc1ccc(CNC(=O)c2sc3nnc(C)c(C)c3c2N)cn1. The van der Waals surface area contributed by atoms with Crippen LogP contribution < -0.4 is 11.1 Å². The van der Waals surface area contributed by atoms with Gasteiger partial charge in [-0.2, -0.15) is 5.10 Å². The number of amides is 1. The van der Waals surface area contributed by atoms with Crippen LogP contribution in [-0.4, -0.2) is 21.1 Å². The summed E-state index contributed by atoms with van der Waals surface area (Å²) in [5.74, 6) is -0.205. The van der Waals surface area contributed by atoms with Crippen molar-refractivity contribution >= 4 is 33.1 Å². The summed E-state index contributed by atoms with van der Waals surface area (Å²) in [7, 11) is 0. The number of hydrogen-bond acceptors (Lipinski definition) is 6.